The molecule has 1 heterocycles. The van der Waals surface area contributed by atoms with Crippen molar-refractivity contribution in [2.75, 3.05) is 33.3 Å². The van der Waals surface area contributed by atoms with E-state index in [9.17, 15) is 26.3 Å². The highest BCUT2D eigenvalue weighted by Crippen LogP contribution is 2.43. The highest BCUT2D eigenvalue weighted by molar-refractivity contribution is 5.85. The van der Waals surface area contributed by atoms with E-state index < -0.39 is 24.3 Å². The lowest BCUT2D eigenvalue weighted by Gasteiger charge is -2.36. The van der Waals surface area contributed by atoms with Gasteiger partial charge in [-0.05, 0) is 12.1 Å². The Morgan fingerprint density at radius 2 is 1.68 bits per heavy atom. The zero-order valence-electron chi connectivity index (χ0n) is 13.1. The van der Waals surface area contributed by atoms with Crippen LogP contribution >= 0.6 is 12.4 Å². The van der Waals surface area contributed by atoms with Crippen LogP contribution in [0.4, 0.5) is 26.3 Å². The number of benzene rings is 1. The summed E-state index contributed by atoms with van der Waals surface area (Å²) in [5.74, 6) is -0.943. The maximum atomic E-state index is 13.5. The Morgan fingerprint density at radius 1 is 1.08 bits per heavy atom. The fraction of sp³-hybridized carbons (Fsp3) is 0.571. The highest BCUT2D eigenvalue weighted by Gasteiger charge is 2.46. The first-order valence-electron chi connectivity index (χ1n) is 7.07. The summed E-state index contributed by atoms with van der Waals surface area (Å²) in [4.78, 5) is 1.22. The van der Waals surface area contributed by atoms with E-state index in [0.29, 0.717) is 13.1 Å². The number of ether oxygens (including phenoxy) is 2. The molecule has 0 saturated carbocycles. The summed E-state index contributed by atoms with van der Waals surface area (Å²) in [6.07, 6.45) is -9.54. The molecule has 1 aliphatic heterocycles. The first kappa shape index (κ1) is 21.7. The Hall–Kier alpha value is -1.39. The molecule has 0 bridgehead atoms. The third-order valence-electron chi connectivity index (χ3n) is 3.56. The van der Waals surface area contributed by atoms with Crippen LogP contribution < -0.4 is 14.8 Å². The van der Waals surface area contributed by atoms with Crippen LogP contribution in [-0.2, 0) is 0 Å². The van der Waals surface area contributed by atoms with Crippen molar-refractivity contribution in [3.63, 3.8) is 0 Å². The van der Waals surface area contributed by atoms with Gasteiger partial charge in [0, 0.05) is 37.8 Å². The Balaban J connectivity index is 0.00000312. The van der Waals surface area contributed by atoms with Crippen molar-refractivity contribution in [3.8, 4) is 11.5 Å². The zero-order valence-corrected chi connectivity index (χ0v) is 13.9. The summed E-state index contributed by atoms with van der Waals surface area (Å²) in [6.45, 7) is 1.11. The van der Waals surface area contributed by atoms with Gasteiger partial charge in [0.05, 0.1) is 7.11 Å². The third-order valence-corrected chi connectivity index (χ3v) is 3.56. The number of nitrogens with zero attached hydrogens (tertiary/aromatic N) is 1. The maximum absolute atomic E-state index is 13.5. The molecule has 1 fully saturated rings. The van der Waals surface area contributed by atoms with Crippen molar-refractivity contribution < 1.29 is 35.8 Å². The average molecular weight is 395 g/mol. The molecule has 25 heavy (non-hydrogen) atoms. The number of hydrogen-bond acceptors (Lipinski definition) is 4. The molecule has 144 valence electrons. The molecule has 1 atom stereocenters. The largest absolute Gasteiger partial charge is 0.573 e. The van der Waals surface area contributed by atoms with E-state index in [4.69, 9.17) is 4.74 Å². The van der Waals surface area contributed by atoms with Crippen molar-refractivity contribution in [2.24, 2.45) is 0 Å². The van der Waals surface area contributed by atoms with Crippen molar-refractivity contribution in [3.05, 3.63) is 23.8 Å². The van der Waals surface area contributed by atoms with Gasteiger partial charge in [0.2, 0.25) is 0 Å². The Morgan fingerprint density at radius 3 is 2.16 bits per heavy atom. The predicted molar refractivity (Wildman–Crippen MR) is 80.2 cm³/mol. The van der Waals surface area contributed by atoms with E-state index in [0.717, 1.165) is 25.3 Å². The lowest BCUT2D eigenvalue weighted by atomic mass is 10.0. The van der Waals surface area contributed by atoms with Gasteiger partial charge >= 0.3 is 12.5 Å². The molecular formula is C14H17ClF6N2O2. The number of halogens is 7. The molecule has 1 N–H and O–H groups in total. The van der Waals surface area contributed by atoms with Gasteiger partial charge < -0.3 is 14.8 Å². The quantitative estimate of drug-likeness (QED) is 0.792. The number of methoxy groups -OCH3 is 1. The minimum absolute atomic E-state index is 0. The van der Waals surface area contributed by atoms with Crippen LogP contribution in [0.5, 0.6) is 11.5 Å². The van der Waals surface area contributed by atoms with Gasteiger partial charge in [-0.25, -0.2) is 0 Å². The van der Waals surface area contributed by atoms with E-state index >= 15 is 0 Å². The lowest BCUT2D eigenvalue weighted by Crippen LogP contribution is -2.49. The molecule has 0 spiro atoms. The summed E-state index contributed by atoms with van der Waals surface area (Å²) >= 11 is 0. The van der Waals surface area contributed by atoms with E-state index in [2.05, 4.69) is 10.1 Å². The second-order valence-corrected chi connectivity index (χ2v) is 5.18. The van der Waals surface area contributed by atoms with Crippen LogP contribution in [0.2, 0.25) is 0 Å². The normalized spacial score (nSPS) is 17.6. The molecule has 1 aromatic carbocycles. The van der Waals surface area contributed by atoms with Gasteiger partial charge in [-0.3, -0.25) is 4.90 Å². The molecule has 0 radical (unpaired) electrons. The molecule has 0 amide bonds. The van der Waals surface area contributed by atoms with Gasteiger partial charge in [0.25, 0.3) is 0 Å². The number of alkyl halides is 6. The minimum atomic E-state index is -4.94. The van der Waals surface area contributed by atoms with E-state index in [1.54, 1.807) is 0 Å². The summed E-state index contributed by atoms with van der Waals surface area (Å²) in [5, 5.41) is 2.95. The number of nitrogens with one attached hydrogen (secondary N) is 1. The van der Waals surface area contributed by atoms with Gasteiger partial charge in [0.1, 0.15) is 17.5 Å². The summed E-state index contributed by atoms with van der Waals surface area (Å²) in [5.41, 5.74) is -0.249. The van der Waals surface area contributed by atoms with Gasteiger partial charge in [0.15, 0.2) is 0 Å². The van der Waals surface area contributed by atoms with Gasteiger partial charge in [-0.1, -0.05) is 0 Å². The Kier molecular flexibility index (Phi) is 7.21. The molecule has 11 heteroatoms. The molecule has 1 aliphatic rings. The fourth-order valence-corrected chi connectivity index (χ4v) is 2.63. The SMILES string of the molecule is COc1cc(OC(F)(F)F)ccc1[C@@H](N1CCNCC1)C(F)(F)F.Cl. The number of rotatable bonds is 4. The topological polar surface area (TPSA) is 33.7 Å². The van der Waals surface area contributed by atoms with Gasteiger partial charge in [-0.2, -0.15) is 13.2 Å². The highest BCUT2D eigenvalue weighted by atomic mass is 35.5. The molecule has 0 unspecified atom stereocenters. The molecule has 0 aliphatic carbocycles. The third kappa shape index (κ3) is 5.82. The van der Waals surface area contributed by atoms with Crippen LogP contribution in [0.15, 0.2) is 18.2 Å². The monoisotopic (exact) mass is 394 g/mol. The molecule has 1 saturated heterocycles. The first-order valence-corrected chi connectivity index (χ1v) is 7.07. The van der Waals surface area contributed by atoms with Crippen molar-refractivity contribution in [2.45, 2.75) is 18.6 Å². The molecule has 1 aromatic rings. The minimum Gasteiger partial charge on any atom is -0.496 e. The van der Waals surface area contributed by atoms with Crippen LogP contribution in [-0.4, -0.2) is 50.7 Å². The number of piperazine rings is 1. The van der Waals surface area contributed by atoms with Crippen molar-refractivity contribution in [1.29, 1.82) is 0 Å². The van der Waals surface area contributed by atoms with Crippen LogP contribution in [0.25, 0.3) is 0 Å². The maximum Gasteiger partial charge on any atom is 0.573 e. The average Bonchev–Trinajstić information content (AvgIpc) is 2.47. The second-order valence-electron chi connectivity index (χ2n) is 5.18. The van der Waals surface area contributed by atoms with Gasteiger partial charge in [-0.15, -0.1) is 25.6 Å². The van der Waals surface area contributed by atoms with Crippen LogP contribution in [0, 0.1) is 0 Å². The van der Waals surface area contributed by atoms with E-state index in [1.807, 2.05) is 0 Å². The zero-order chi connectivity index (χ0) is 18.0. The molecular weight excluding hydrogens is 378 g/mol. The number of hydrogen-bond donors (Lipinski definition) is 1. The smallest absolute Gasteiger partial charge is 0.496 e. The summed E-state index contributed by atoms with van der Waals surface area (Å²) in [7, 11) is 1.10. The molecule has 0 aromatic heterocycles. The Labute approximate surface area is 146 Å². The molecule has 2 rings (SSSR count). The Bertz CT molecular complexity index is 561. The standard InChI is InChI=1S/C14H16F6N2O2.ClH/c1-23-11-8-9(24-14(18,19)20)2-3-10(11)12(13(15,16)17)22-6-4-21-5-7-22;/h2-3,8,12,21H,4-7H2,1H3;1H/t12-;/m1./s1. The lowest BCUT2D eigenvalue weighted by molar-refractivity contribution is -0.274. The predicted octanol–water partition coefficient (Wildman–Crippen LogP) is 3.52. The van der Waals surface area contributed by atoms with Crippen LogP contribution in [0.3, 0.4) is 0 Å². The fourth-order valence-electron chi connectivity index (χ4n) is 2.63. The van der Waals surface area contributed by atoms with Crippen LogP contribution in [0.1, 0.15) is 11.6 Å². The first-order chi connectivity index (χ1) is 11.1. The molecule has 4 nitrogen and oxygen atoms in total. The summed E-state index contributed by atoms with van der Waals surface area (Å²) < 4.78 is 86.0. The summed E-state index contributed by atoms with van der Waals surface area (Å²) in [6, 6.07) is 0.658. The van der Waals surface area contributed by atoms with Crippen molar-refractivity contribution >= 4 is 12.4 Å². The van der Waals surface area contributed by atoms with Crippen molar-refractivity contribution in [1.82, 2.24) is 10.2 Å². The van der Waals surface area contributed by atoms with E-state index in [-0.39, 0.29) is 36.8 Å². The van der Waals surface area contributed by atoms with E-state index in [1.165, 1.54) is 4.90 Å². The second kappa shape index (κ2) is 8.33.